The summed E-state index contributed by atoms with van der Waals surface area (Å²) in [5, 5.41) is 0. The lowest BCUT2D eigenvalue weighted by molar-refractivity contribution is 0.122. The first-order valence-electron chi connectivity index (χ1n) is 2.01. The van der Waals surface area contributed by atoms with Gasteiger partial charge in [0.2, 0.25) is 6.43 Å². The van der Waals surface area contributed by atoms with Gasteiger partial charge in [0, 0.05) is 6.42 Å². The van der Waals surface area contributed by atoms with Gasteiger partial charge in [-0.25, -0.2) is 17.6 Å². The average molecular weight is 129 g/mol. The summed E-state index contributed by atoms with van der Waals surface area (Å²) >= 11 is 0. The molecular formula is C4H5F4. The molecule has 0 bridgehead atoms. The standard InChI is InChI=1S/C4H5F4/c5-2-3(6)1-4(7)8/h4H,1-2H2. The van der Waals surface area contributed by atoms with E-state index in [0.29, 0.717) is 0 Å². The lowest BCUT2D eigenvalue weighted by Crippen LogP contribution is -1.99. The fourth-order valence-corrected chi connectivity index (χ4v) is 0.222. The van der Waals surface area contributed by atoms with Crippen molar-refractivity contribution in [2.75, 3.05) is 6.67 Å². The number of hydrogen-bond acceptors (Lipinski definition) is 0. The molecule has 0 unspecified atom stereocenters. The lowest BCUT2D eigenvalue weighted by Gasteiger charge is -1.97. The van der Waals surface area contributed by atoms with Gasteiger partial charge in [0.15, 0.2) is 6.17 Å². The van der Waals surface area contributed by atoms with Crippen molar-refractivity contribution in [1.82, 2.24) is 0 Å². The second-order valence-corrected chi connectivity index (χ2v) is 1.25. The maximum absolute atomic E-state index is 11.4. The van der Waals surface area contributed by atoms with Crippen LogP contribution in [0, 0.1) is 6.17 Å². The second kappa shape index (κ2) is 3.69. The van der Waals surface area contributed by atoms with Crippen LogP contribution < -0.4 is 0 Å². The maximum atomic E-state index is 11.4. The van der Waals surface area contributed by atoms with Crippen molar-refractivity contribution < 1.29 is 17.6 Å². The molecule has 0 aliphatic rings. The van der Waals surface area contributed by atoms with Crippen molar-refractivity contribution in [2.45, 2.75) is 12.8 Å². The third-order valence-electron chi connectivity index (χ3n) is 0.521. The zero-order valence-corrected chi connectivity index (χ0v) is 4.00. The van der Waals surface area contributed by atoms with Gasteiger partial charge in [-0.2, -0.15) is 0 Å². The molecule has 0 amide bonds. The molecule has 8 heavy (non-hydrogen) atoms. The Morgan fingerprint density at radius 2 is 1.88 bits per heavy atom. The molecule has 0 aromatic heterocycles. The van der Waals surface area contributed by atoms with E-state index in [1.165, 1.54) is 0 Å². The summed E-state index contributed by atoms with van der Waals surface area (Å²) < 4.78 is 44.5. The first-order valence-corrected chi connectivity index (χ1v) is 2.01. The number of hydrogen-bond donors (Lipinski definition) is 0. The Hall–Kier alpha value is -0.280. The molecule has 0 aliphatic carbocycles. The molecule has 49 valence electrons. The molecule has 0 N–H and O–H groups in total. The third-order valence-corrected chi connectivity index (χ3v) is 0.521. The van der Waals surface area contributed by atoms with Crippen LogP contribution >= 0.6 is 0 Å². The summed E-state index contributed by atoms with van der Waals surface area (Å²) in [7, 11) is 0. The second-order valence-electron chi connectivity index (χ2n) is 1.25. The van der Waals surface area contributed by atoms with Gasteiger partial charge in [0.1, 0.15) is 6.67 Å². The van der Waals surface area contributed by atoms with Gasteiger partial charge in [-0.15, -0.1) is 0 Å². The number of rotatable bonds is 3. The fraction of sp³-hybridized carbons (Fsp3) is 0.750. The molecule has 1 radical (unpaired) electrons. The van der Waals surface area contributed by atoms with Gasteiger partial charge in [-0.05, 0) is 0 Å². The SMILES string of the molecule is FC[C](F)CC(F)F. The van der Waals surface area contributed by atoms with Gasteiger partial charge in [0.05, 0.1) is 0 Å². The van der Waals surface area contributed by atoms with E-state index < -0.39 is 25.7 Å². The van der Waals surface area contributed by atoms with Crippen LogP contribution in [-0.4, -0.2) is 13.1 Å². The largest absolute Gasteiger partial charge is 0.247 e. The van der Waals surface area contributed by atoms with E-state index in [2.05, 4.69) is 0 Å². The van der Waals surface area contributed by atoms with Crippen molar-refractivity contribution >= 4 is 0 Å². The molecule has 0 aliphatic heterocycles. The number of halogens is 4. The molecule has 0 spiro atoms. The predicted molar refractivity (Wildman–Crippen MR) is 20.9 cm³/mol. The molecule has 0 fully saturated rings. The Morgan fingerprint density at radius 1 is 1.38 bits per heavy atom. The van der Waals surface area contributed by atoms with Crippen LogP contribution in [0.2, 0.25) is 0 Å². The van der Waals surface area contributed by atoms with Gasteiger partial charge >= 0.3 is 0 Å². The van der Waals surface area contributed by atoms with Crippen LogP contribution in [0.5, 0.6) is 0 Å². The van der Waals surface area contributed by atoms with Crippen molar-refractivity contribution in [1.29, 1.82) is 0 Å². The summed E-state index contributed by atoms with van der Waals surface area (Å²) in [6.45, 7) is -1.40. The Balaban J connectivity index is 3.10. The van der Waals surface area contributed by atoms with Crippen LogP contribution in [0.1, 0.15) is 6.42 Å². The van der Waals surface area contributed by atoms with Crippen molar-refractivity contribution in [3.05, 3.63) is 6.17 Å². The summed E-state index contributed by atoms with van der Waals surface area (Å²) in [4.78, 5) is 0. The van der Waals surface area contributed by atoms with Crippen LogP contribution in [0.15, 0.2) is 0 Å². The minimum absolute atomic E-state index is 1.07. The quantitative estimate of drug-likeness (QED) is 0.512. The molecular weight excluding hydrogens is 124 g/mol. The Morgan fingerprint density at radius 3 is 2.00 bits per heavy atom. The molecule has 0 rings (SSSR count). The third kappa shape index (κ3) is 3.89. The molecule has 4 heteroatoms. The van der Waals surface area contributed by atoms with Crippen molar-refractivity contribution in [3.63, 3.8) is 0 Å². The first-order chi connectivity index (χ1) is 3.66. The van der Waals surface area contributed by atoms with Crippen molar-refractivity contribution in [3.8, 4) is 0 Å². The Kier molecular flexibility index (Phi) is 3.56. The Labute approximate surface area is 44.5 Å². The van der Waals surface area contributed by atoms with Crippen LogP contribution in [0.3, 0.4) is 0 Å². The topological polar surface area (TPSA) is 0 Å². The molecule has 0 saturated heterocycles. The molecule has 0 saturated carbocycles. The first kappa shape index (κ1) is 7.72. The van der Waals surface area contributed by atoms with E-state index in [4.69, 9.17) is 0 Å². The van der Waals surface area contributed by atoms with E-state index >= 15 is 0 Å². The highest BCUT2D eigenvalue weighted by molar-refractivity contribution is 4.75. The van der Waals surface area contributed by atoms with Gasteiger partial charge in [-0.3, -0.25) is 0 Å². The lowest BCUT2D eigenvalue weighted by atomic mass is 10.3. The smallest absolute Gasteiger partial charge is 0.241 e. The van der Waals surface area contributed by atoms with Crippen LogP contribution in [0.25, 0.3) is 0 Å². The fourth-order valence-electron chi connectivity index (χ4n) is 0.222. The number of alkyl halides is 3. The minimum atomic E-state index is -2.77. The summed E-state index contributed by atoms with van der Waals surface area (Å²) in [5.74, 6) is 0. The molecule has 0 nitrogen and oxygen atoms in total. The zero-order chi connectivity index (χ0) is 6.57. The van der Waals surface area contributed by atoms with Gasteiger partial charge in [-0.1, -0.05) is 0 Å². The molecule has 0 atom stereocenters. The van der Waals surface area contributed by atoms with Gasteiger partial charge < -0.3 is 0 Å². The molecule has 0 aromatic carbocycles. The normalized spacial score (nSPS) is 11.2. The predicted octanol–water partition coefficient (Wildman–Crippen LogP) is 2.11. The Bertz CT molecular complexity index is 54.0. The molecule has 0 aromatic rings. The highest BCUT2D eigenvalue weighted by atomic mass is 19.3. The van der Waals surface area contributed by atoms with Gasteiger partial charge in [0.25, 0.3) is 0 Å². The highest BCUT2D eigenvalue weighted by Crippen LogP contribution is 2.13. The summed E-state index contributed by atoms with van der Waals surface area (Å²) in [5.41, 5.74) is 0. The van der Waals surface area contributed by atoms with Crippen molar-refractivity contribution in [2.24, 2.45) is 0 Å². The summed E-state index contributed by atoms with van der Waals surface area (Å²) in [6, 6.07) is 0. The monoisotopic (exact) mass is 129 g/mol. The average Bonchev–Trinajstić information content (AvgIpc) is 1.65. The van der Waals surface area contributed by atoms with Crippen LogP contribution in [0.4, 0.5) is 17.6 Å². The van der Waals surface area contributed by atoms with E-state index in [1.54, 1.807) is 0 Å². The highest BCUT2D eigenvalue weighted by Gasteiger charge is 2.13. The molecule has 0 heterocycles. The zero-order valence-electron chi connectivity index (χ0n) is 4.00. The van der Waals surface area contributed by atoms with Crippen LogP contribution in [-0.2, 0) is 0 Å². The van der Waals surface area contributed by atoms with E-state index in [1.807, 2.05) is 0 Å². The maximum Gasteiger partial charge on any atom is 0.241 e. The minimum Gasteiger partial charge on any atom is -0.247 e. The van der Waals surface area contributed by atoms with E-state index in [-0.39, 0.29) is 0 Å². The summed E-state index contributed by atoms with van der Waals surface area (Å²) in [6.07, 6.45) is -5.14. The van der Waals surface area contributed by atoms with E-state index in [9.17, 15) is 17.6 Å². The van der Waals surface area contributed by atoms with E-state index in [0.717, 1.165) is 0 Å².